The van der Waals surface area contributed by atoms with E-state index in [0.717, 1.165) is 75.5 Å². The Morgan fingerprint density at radius 3 is 1.48 bits per heavy atom. The smallest absolute Gasteiger partial charge is 0.251 e. The second-order valence-electron chi connectivity index (χ2n) is 14.6. The van der Waals surface area contributed by atoms with Crippen molar-refractivity contribution in [3.05, 3.63) is 202 Å². The molecule has 8 rings (SSSR count). The van der Waals surface area contributed by atoms with Crippen LogP contribution in [0, 0.1) is 13.8 Å². The molecule has 58 heavy (non-hydrogen) atoms. The Bertz CT molecular complexity index is 2710. The van der Waals surface area contributed by atoms with E-state index in [1.54, 1.807) is 6.07 Å². The number of aryl methyl sites for hydroxylation is 4. The maximum atomic E-state index is 12.3. The molecule has 0 saturated carbocycles. The van der Waals surface area contributed by atoms with Gasteiger partial charge in [-0.15, -0.1) is 0 Å². The standard InChI is InChI=1S/C26H24N2O2.C25H24N2O/c1-18-5-2-3-7-23(18)26(30)27-16-4-6-19-8-10-20(11-9-19)21-12-14-24-22(17-21)13-15-25(29)28-24;1-18-5-2-3-7-23(18)25(28)27-15-4-6-19-8-10-20(11-9-19)21-12-13-24-22(17-21)14-16-26-24/h2-3,5,7-15,17H,4,6,16H2,1H3,(H,27,30)(H,28,29);2-3,5,7-14,16-17,26H,4,6,15H2,1H3,(H,27,28). The number of hydrogen-bond donors (Lipinski definition) is 4. The summed E-state index contributed by atoms with van der Waals surface area (Å²) in [5, 5.41) is 8.27. The van der Waals surface area contributed by atoms with Crippen LogP contribution in [0.2, 0.25) is 0 Å². The van der Waals surface area contributed by atoms with Crippen LogP contribution in [-0.2, 0) is 12.8 Å². The van der Waals surface area contributed by atoms with Gasteiger partial charge in [0.15, 0.2) is 0 Å². The van der Waals surface area contributed by atoms with Gasteiger partial charge in [-0.1, -0.05) is 97.1 Å². The van der Waals surface area contributed by atoms with Crippen molar-refractivity contribution in [1.29, 1.82) is 0 Å². The van der Waals surface area contributed by atoms with E-state index in [-0.39, 0.29) is 17.4 Å². The van der Waals surface area contributed by atoms with Gasteiger partial charge >= 0.3 is 0 Å². The molecule has 0 fully saturated rings. The van der Waals surface area contributed by atoms with Crippen LogP contribution in [-0.4, -0.2) is 34.9 Å². The quantitative estimate of drug-likeness (QED) is 0.0931. The van der Waals surface area contributed by atoms with Crippen molar-refractivity contribution in [1.82, 2.24) is 20.6 Å². The summed E-state index contributed by atoms with van der Waals surface area (Å²) in [6.45, 7) is 5.24. The van der Waals surface area contributed by atoms with Gasteiger partial charge in [0.1, 0.15) is 0 Å². The fourth-order valence-electron chi connectivity index (χ4n) is 7.13. The highest BCUT2D eigenvalue weighted by molar-refractivity contribution is 5.96. The lowest BCUT2D eigenvalue weighted by atomic mass is 10.0. The molecule has 8 aromatic rings. The Labute approximate surface area is 339 Å². The monoisotopic (exact) mass is 764 g/mol. The predicted octanol–water partition coefficient (Wildman–Crippen LogP) is 10.4. The van der Waals surface area contributed by atoms with Gasteiger partial charge in [0, 0.05) is 47.5 Å². The van der Waals surface area contributed by atoms with Gasteiger partial charge in [-0.05, 0) is 143 Å². The summed E-state index contributed by atoms with van der Waals surface area (Å²) in [5.41, 5.74) is 12.6. The highest BCUT2D eigenvalue weighted by atomic mass is 16.2. The Morgan fingerprint density at radius 1 is 0.500 bits per heavy atom. The summed E-state index contributed by atoms with van der Waals surface area (Å²) in [6, 6.07) is 50.5. The lowest BCUT2D eigenvalue weighted by Gasteiger charge is -2.08. The van der Waals surface area contributed by atoms with Crippen LogP contribution in [0.5, 0.6) is 0 Å². The number of nitrogens with one attached hydrogen (secondary N) is 4. The first kappa shape index (κ1) is 39.3. The summed E-state index contributed by atoms with van der Waals surface area (Å²) in [7, 11) is 0. The fraction of sp³-hybridized carbons (Fsp3) is 0.157. The van der Waals surface area contributed by atoms with E-state index < -0.39 is 0 Å². The first-order valence-corrected chi connectivity index (χ1v) is 19.9. The van der Waals surface area contributed by atoms with Crippen molar-refractivity contribution in [2.75, 3.05) is 13.1 Å². The summed E-state index contributed by atoms with van der Waals surface area (Å²) >= 11 is 0. The van der Waals surface area contributed by atoms with Crippen LogP contribution in [0.3, 0.4) is 0 Å². The zero-order chi connectivity index (χ0) is 40.3. The topological polar surface area (TPSA) is 107 Å². The van der Waals surface area contributed by atoms with Gasteiger partial charge in [0.25, 0.3) is 11.8 Å². The number of carbonyl (C=O) groups excluding carboxylic acids is 2. The van der Waals surface area contributed by atoms with Crippen molar-refractivity contribution in [2.45, 2.75) is 39.5 Å². The van der Waals surface area contributed by atoms with Crippen LogP contribution >= 0.6 is 0 Å². The van der Waals surface area contributed by atoms with Crippen LogP contribution in [0.15, 0.2) is 163 Å². The van der Waals surface area contributed by atoms with Gasteiger partial charge in [-0.2, -0.15) is 0 Å². The van der Waals surface area contributed by atoms with Crippen molar-refractivity contribution >= 4 is 33.6 Å². The molecule has 7 heteroatoms. The fourth-order valence-corrected chi connectivity index (χ4v) is 7.13. The number of H-pyrrole nitrogens is 2. The molecule has 0 spiro atoms. The van der Waals surface area contributed by atoms with E-state index in [4.69, 9.17) is 0 Å². The number of amides is 2. The maximum Gasteiger partial charge on any atom is 0.251 e. The molecule has 0 aliphatic heterocycles. The minimum absolute atomic E-state index is 0.00796. The molecule has 2 heterocycles. The second-order valence-corrected chi connectivity index (χ2v) is 14.6. The Balaban J connectivity index is 0.000000177. The molecule has 290 valence electrons. The molecule has 2 aromatic heterocycles. The van der Waals surface area contributed by atoms with Crippen molar-refractivity contribution in [3.8, 4) is 22.3 Å². The van der Waals surface area contributed by atoms with Crippen molar-refractivity contribution in [2.24, 2.45) is 0 Å². The molecule has 0 radical (unpaired) electrons. The molecule has 0 bridgehead atoms. The van der Waals surface area contributed by atoms with E-state index in [1.807, 2.05) is 86.8 Å². The van der Waals surface area contributed by atoms with E-state index in [0.29, 0.717) is 13.1 Å². The SMILES string of the molecule is Cc1ccccc1C(=O)NCCCc1ccc(-c2ccc3[nH]c(=O)ccc3c2)cc1.Cc1ccccc1C(=O)NCCCc1ccc(-c2ccc3[nH]ccc3c2)cc1. The number of pyridine rings is 1. The lowest BCUT2D eigenvalue weighted by Crippen LogP contribution is -2.25. The third-order valence-corrected chi connectivity index (χ3v) is 10.5. The minimum Gasteiger partial charge on any atom is -0.361 e. The number of aromatic amines is 2. The summed E-state index contributed by atoms with van der Waals surface area (Å²) < 4.78 is 0. The molecule has 0 saturated heterocycles. The molecule has 0 aliphatic rings. The summed E-state index contributed by atoms with van der Waals surface area (Å²) in [5.74, 6) is -0.00491. The zero-order valence-electron chi connectivity index (χ0n) is 33.0. The second kappa shape index (κ2) is 18.8. The molecular formula is C51H48N4O3. The Hall–Kier alpha value is -6.99. The van der Waals surface area contributed by atoms with Crippen LogP contribution in [0.4, 0.5) is 0 Å². The first-order valence-electron chi connectivity index (χ1n) is 19.9. The number of aromatic nitrogens is 2. The zero-order valence-corrected chi connectivity index (χ0v) is 33.0. The Morgan fingerprint density at radius 2 is 0.966 bits per heavy atom. The predicted molar refractivity (Wildman–Crippen MR) is 237 cm³/mol. The molecule has 6 aromatic carbocycles. The highest BCUT2D eigenvalue weighted by Gasteiger charge is 2.09. The summed E-state index contributed by atoms with van der Waals surface area (Å²) in [4.78, 5) is 42.0. The van der Waals surface area contributed by atoms with E-state index >= 15 is 0 Å². The first-order chi connectivity index (χ1) is 28.3. The van der Waals surface area contributed by atoms with E-state index in [9.17, 15) is 14.4 Å². The van der Waals surface area contributed by atoms with Crippen molar-refractivity contribution < 1.29 is 9.59 Å². The van der Waals surface area contributed by atoms with Gasteiger partial charge in [-0.3, -0.25) is 14.4 Å². The molecule has 7 nitrogen and oxygen atoms in total. The Kier molecular flexibility index (Phi) is 12.7. The molecule has 0 aliphatic carbocycles. The average Bonchev–Trinajstić information content (AvgIpc) is 3.73. The highest BCUT2D eigenvalue weighted by Crippen LogP contribution is 2.26. The van der Waals surface area contributed by atoms with Crippen LogP contribution < -0.4 is 16.2 Å². The number of hydrogen-bond acceptors (Lipinski definition) is 3. The maximum absolute atomic E-state index is 12.3. The third-order valence-electron chi connectivity index (χ3n) is 10.5. The van der Waals surface area contributed by atoms with Crippen LogP contribution in [0.1, 0.15) is 55.8 Å². The van der Waals surface area contributed by atoms with Crippen LogP contribution in [0.25, 0.3) is 44.1 Å². The van der Waals surface area contributed by atoms with Crippen molar-refractivity contribution in [3.63, 3.8) is 0 Å². The van der Waals surface area contributed by atoms with Gasteiger partial charge < -0.3 is 20.6 Å². The number of benzene rings is 6. The molecular weight excluding hydrogens is 717 g/mol. The normalized spacial score (nSPS) is 10.9. The minimum atomic E-state index is -0.0882. The van der Waals surface area contributed by atoms with E-state index in [2.05, 4.69) is 99.5 Å². The average molecular weight is 765 g/mol. The molecule has 0 unspecified atom stereocenters. The van der Waals surface area contributed by atoms with Gasteiger partial charge in [0.2, 0.25) is 5.56 Å². The third kappa shape index (κ3) is 10.1. The number of fused-ring (bicyclic) bond motifs is 2. The van der Waals surface area contributed by atoms with E-state index in [1.165, 1.54) is 27.6 Å². The largest absolute Gasteiger partial charge is 0.361 e. The number of rotatable bonds is 12. The number of carbonyl (C=O) groups is 2. The molecule has 4 N–H and O–H groups in total. The lowest BCUT2D eigenvalue weighted by molar-refractivity contribution is 0.0944. The summed E-state index contributed by atoms with van der Waals surface area (Å²) in [6.07, 6.45) is 5.64. The van der Waals surface area contributed by atoms with Gasteiger partial charge in [0.05, 0.1) is 0 Å². The molecule has 2 amide bonds. The molecule has 0 atom stereocenters. The van der Waals surface area contributed by atoms with Gasteiger partial charge in [-0.25, -0.2) is 0 Å².